The van der Waals surface area contributed by atoms with Crippen LogP contribution in [-0.4, -0.2) is 28.3 Å². The molecule has 1 fully saturated rings. The molecule has 3 nitrogen and oxygen atoms in total. The van der Waals surface area contributed by atoms with Crippen LogP contribution in [0.2, 0.25) is 0 Å². The van der Waals surface area contributed by atoms with Gasteiger partial charge in [0.1, 0.15) is 0 Å². The molecule has 1 N–H and O–H groups in total. The van der Waals surface area contributed by atoms with Crippen LogP contribution in [-0.2, 0) is 19.6 Å². The van der Waals surface area contributed by atoms with E-state index in [2.05, 4.69) is 77.7 Å². The normalized spacial score (nSPS) is 16.4. The summed E-state index contributed by atoms with van der Waals surface area (Å²) in [4.78, 5) is 8.67. The number of aliphatic hydroxyl groups is 1. The van der Waals surface area contributed by atoms with E-state index in [1.165, 1.54) is 16.0 Å². The molecule has 0 spiro atoms. The first-order valence-corrected chi connectivity index (χ1v) is 11.6. The molecule has 4 rings (SSSR count). The highest BCUT2D eigenvalue weighted by Crippen LogP contribution is 2.32. The maximum Gasteiger partial charge on any atom is 0.164 e. The zero-order chi connectivity index (χ0) is 21.3. The van der Waals surface area contributed by atoms with Crippen LogP contribution in [0, 0.1) is 0 Å². The third-order valence-corrected chi connectivity index (χ3v) is 6.38. The van der Waals surface area contributed by atoms with E-state index in [4.69, 9.17) is 4.99 Å². The molecule has 0 amide bonds. The van der Waals surface area contributed by atoms with E-state index in [-0.39, 0.29) is 6.61 Å². The van der Waals surface area contributed by atoms with Crippen molar-refractivity contribution in [1.82, 2.24) is 4.90 Å². The Morgan fingerprint density at radius 2 is 1.52 bits per heavy atom. The molecule has 0 aromatic heterocycles. The molecular weight excluding hydrogens is 400 g/mol. The fourth-order valence-corrected chi connectivity index (χ4v) is 4.68. The summed E-state index contributed by atoms with van der Waals surface area (Å²) < 4.78 is 0. The van der Waals surface area contributed by atoms with Crippen LogP contribution in [0.1, 0.15) is 28.7 Å². The third-order valence-electron chi connectivity index (χ3n) is 5.31. The summed E-state index contributed by atoms with van der Waals surface area (Å²) in [5, 5.41) is 10.4. The van der Waals surface area contributed by atoms with Crippen LogP contribution in [0.5, 0.6) is 0 Å². The summed E-state index contributed by atoms with van der Waals surface area (Å²) in [5.74, 6) is 0. The number of amidine groups is 1. The second kappa shape index (κ2) is 11.0. The van der Waals surface area contributed by atoms with Crippen LogP contribution in [0.4, 0.5) is 0 Å². The Hall–Kier alpha value is -2.82. The Morgan fingerprint density at radius 1 is 0.839 bits per heavy atom. The van der Waals surface area contributed by atoms with Gasteiger partial charge in [-0.25, -0.2) is 0 Å². The summed E-state index contributed by atoms with van der Waals surface area (Å²) in [6.45, 7) is 2.68. The van der Waals surface area contributed by atoms with Crippen molar-refractivity contribution in [3.8, 4) is 0 Å². The number of hydrogen-bond acceptors (Lipinski definition) is 3. The molecule has 31 heavy (non-hydrogen) atoms. The van der Waals surface area contributed by atoms with Gasteiger partial charge in [0.05, 0.1) is 19.7 Å². The molecule has 158 valence electrons. The van der Waals surface area contributed by atoms with Crippen molar-refractivity contribution in [2.45, 2.75) is 26.0 Å². The number of nitrogens with zero attached hydrogens (tertiary/aromatic N) is 2. The zero-order valence-electron chi connectivity index (χ0n) is 17.7. The van der Waals surface area contributed by atoms with Crippen LogP contribution in [0.3, 0.4) is 0 Å². The standard InChI is InChI=1S/C27H28N2OS/c30-21-25-15-13-23(14-16-25)18-26-20-29(17-7-12-22-8-3-1-4-9-22)27(31-26)28-19-24-10-5-2-6-11-24/h1-6,8-11,13-16,18,30H,7,12,17,19-21H2/b26-18-,28-27-. The van der Waals surface area contributed by atoms with E-state index >= 15 is 0 Å². The zero-order valence-corrected chi connectivity index (χ0v) is 18.5. The number of aliphatic hydroxyl groups excluding tert-OH is 1. The number of aliphatic imine (C=N–C) groups is 1. The maximum absolute atomic E-state index is 9.26. The van der Waals surface area contributed by atoms with E-state index in [1.807, 2.05) is 18.2 Å². The van der Waals surface area contributed by atoms with Gasteiger partial charge in [-0.15, -0.1) is 0 Å². The molecule has 0 aliphatic carbocycles. The molecule has 1 aliphatic heterocycles. The van der Waals surface area contributed by atoms with Gasteiger partial charge in [-0.2, -0.15) is 0 Å². The molecule has 0 atom stereocenters. The van der Waals surface area contributed by atoms with E-state index in [9.17, 15) is 5.11 Å². The minimum Gasteiger partial charge on any atom is -0.392 e. The van der Waals surface area contributed by atoms with Gasteiger partial charge in [0, 0.05) is 11.4 Å². The summed E-state index contributed by atoms with van der Waals surface area (Å²) >= 11 is 1.78. The van der Waals surface area contributed by atoms with E-state index in [1.54, 1.807) is 11.8 Å². The molecule has 3 aromatic rings. The van der Waals surface area contributed by atoms with Crippen molar-refractivity contribution in [3.63, 3.8) is 0 Å². The molecule has 0 bridgehead atoms. The average molecular weight is 429 g/mol. The summed E-state index contributed by atoms with van der Waals surface area (Å²) in [5.41, 5.74) is 4.72. The Bertz CT molecular complexity index is 1010. The fourth-order valence-electron chi connectivity index (χ4n) is 3.62. The van der Waals surface area contributed by atoms with Gasteiger partial charge >= 0.3 is 0 Å². The number of hydrogen-bond donors (Lipinski definition) is 1. The number of benzene rings is 3. The number of thioether (sulfide) groups is 1. The van der Waals surface area contributed by atoms with Gasteiger partial charge in [0.15, 0.2) is 5.17 Å². The van der Waals surface area contributed by atoms with Crippen molar-refractivity contribution < 1.29 is 5.11 Å². The summed E-state index contributed by atoms with van der Waals surface area (Å²) in [6.07, 6.45) is 4.42. The lowest BCUT2D eigenvalue weighted by molar-refractivity contribution is 0.282. The van der Waals surface area contributed by atoms with Crippen molar-refractivity contribution in [2.24, 2.45) is 4.99 Å². The SMILES string of the molecule is OCc1ccc(/C=C2/CN(CCCc3ccccc3)/C(=N/Cc3ccccc3)S2)cc1. The largest absolute Gasteiger partial charge is 0.392 e. The van der Waals surface area contributed by atoms with Crippen molar-refractivity contribution in [1.29, 1.82) is 0 Å². The highest BCUT2D eigenvalue weighted by molar-refractivity contribution is 8.17. The van der Waals surface area contributed by atoms with E-state index in [0.29, 0.717) is 6.54 Å². The Balaban J connectivity index is 1.45. The van der Waals surface area contributed by atoms with E-state index < -0.39 is 0 Å². The molecule has 0 saturated carbocycles. The topological polar surface area (TPSA) is 35.8 Å². The van der Waals surface area contributed by atoms with Gasteiger partial charge < -0.3 is 10.0 Å². The number of rotatable bonds is 8. The van der Waals surface area contributed by atoms with Crippen LogP contribution in [0.25, 0.3) is 6.08 Å². The lowest BCUT2D eigenvalue weighted by atomic mass is 10.1. The van der Waals surface area contributed by atoms with E-state index in [0.717, 1.165) is 42.2 Å². The lowest BCUT2D eigenvalue weighted by Crippen LogP contribution is -2.25. The van der Waals surface area contributed by atoms with Gasteiger partial charge in [-0.3, -0.25) is 4.99 Å². The first kappa shape index (κ1) is 21.4. The van der Waals surface area contributed by atoms with Gasteiger partial charge in [-0.05, 0) is 41.2 Å². The molecule has 0 unspecified atom stereocenters. The van der Waals surface area contributed by atoms with Crippen LogP contribution in [0.15, 0.2) is 94.8 Å². The van der Waals surface area contributed by atoms with Crippen molar-refractivity contribution in [2.75, 3.05) is 13.1 Å². The minimum absolute atomic E-state index is 0.0804. The first-order chi connectivity index (χ1) is 15.3. The molecule has 1 aliphatic rings. The quantitative estimate of drug-likeness (QED) is 0.496. The molecular formula is C27H28N2OS. The summed E-state index contributed by atoms with van der Waals surface area (Å²) in [6, 6.07) is 29.2. The van der Waals surface area contributed by atoms with Crippen LogP contribution >= 0.6 is 11.8 Å². The molecule has 3 aromatic carbocycles. The molecule has 0 radical (unpaired) electrons. The smallest absolute Gasteiger partial charge is 0.164 e. The Kier molecular flexibility index (Phi) is 7.59. The highest BCUT2D eigenvalue weighted by atomic mass is 32.2. The second-order valence-electron chi connectivity index (χ2n) is 7.71. The van der Waals surface area contributed by atoms with Crippen LogP contribution < -0.4 is 0 Å². The Labute approximate surface area is 189 Å². The predicted octanol–water partition coefficient (Wildman–Crippen LogP) is 5.76. The average Bonchev–Trinajstić information content (AvgIpc) is 3.21. The molecule has 4 heteroatoms. The highest BCUT2D eigenvalue weighted by Gasteiger charge is 2.23. The third kappa shape index (κ3) is 6.33. The maximum atomic E-state index is 9.26. The molecule has 1 saturated heterocycles. The fraction of sp³-hybridized carbons (Fsp3) is 0.222. The second-order valence-corrected chi connectivity index (χ2v) is 8.80. The van der Waals surface area contributed by atoms with Crippen molar-refractivity contribution >= 4 is 23.0 Å². The van der Waals surface area contributed by atoms with Gasteiger partial charge in [0.2, 0.25) is 0 Å². The number of aryl methyl sites for hydroxylation is 1. The van der Waals surface area contributed by atoms with Gasteiger partial charge in [0.25, 0.3) is 0 Å². The summed E-state index contributed by atoms with van der Waals surface area (Å²) in [7, 11) is 0. The van der Waals surface area contributed by atoms with Gasteiger partial charge in [-0.1, -0.05) is 96.7 Å². The lowest BCUT2D eigenvalue weighted by Gasteiger charge is -2.17. The van der Waals surface area contributed by atoms with Crippen molar-refractivity contribution in [3.05, 3.63) is 112 Å². The minimum atomic E-state index is 0.0804. The molecule has 1 heterocycles. The predicted molar refractivity (Wildman–Crippen MR) is 132 cm³/mol. The Morgan fingerprint density at radius 3 is 2.19 bits per heavy atom. The monoisotopic (exact) mass is 428 g/mol. The first-order valence-electron chi connectivity index (χ1n) is 10.8.